The Kier molecular flexibility index (Phi) is 1.64. The first kappa shape index (κ1) is 6.83. The molecule has 2 rings (SSSR count). The third-order valence-electron chi connectivity index (χ3n) is 1.61. The third kappa shape index (κ3) is 1.15. The largest absolute Gasteiger partial charge is 0.322 e. The molecule has 55 valence electrons. The molecule has 0 bridgehead atoms. The quantitative estimate of drug-likeness (QED) is 0.684. The lowest BCUT2D eigenvalue weighted by atomic mass is 10.2. The van der Waals surface area contributed by atoms with Crippen LogP contribution in [0.5, 0.6) is 0 Å². The number of thiophene rings is 1. The van der Waals surface area contributed by atoms with E-state index in [1.54, 1.807) is 17.9 Å². The summed E-state index contributed by atoms with van der Waals surface area (Å²) >= 11 is 1.72. The lowest BCUT2D eigenvalue weighted by molar-refractivity contribution is 1.42. The maximum atomic E-state index is 5.40. The maximum absolute atomic E-state index is 5.40. The summed E-state index contributed by atoms with van der Waals surface area (Å²) in [4.78, 5) is 1.13. The smallest absolute Gasteiger partial charge is 0.0594 e. The van der Waals surface area contributed by atoms with Crippen LogP contribution in [-0.4, -0.2) is 0 Å². The molecular weight excluding hydrogens is 154 g/mol. The van der Waals surface area contributed by atoms with Crippen molar-refractivity contribution in [2.45, 2.75) is 0 Å². The summed E-state index contributed by atoms with van der Waals surface area (Å²) in [6.45, 7) is 1.64. The van der Waals surface area contributed by atoms with Crippen molar-refractivity contribution in [1.29, 1.82) is 0 Å². The Morgan fingerprint density at radius 3 is 2.82 bits per heavy atom. The molecule has 0 unspecified atom stereocenters. The zero-order valence-electron chi connectivity index (χ0n) is 5.95. The fourth-order valence-electron chi connectivity index (χ4n) is 1.08. The van der Waals surface area contributed by atoms with Gasteiger partial charge in [0.15, 0.2) is 0 Å². The van der Waals surface area contributed by atoms with Gasteiger partial charge in [-0.3, -0.25) is 0 Å². The van der Waals surface area contributed by atoms with Crippen LogP contribution in [0.2, 0.25) is 0 Å². The predicted octanol–water partition coefficient (Wildman–Crippen LogP) is 2.37. The summed E-state index contributed by atoms with van der Waals surface area (Å²) in [7, 11) is 0. The highest BCUT2D eigenvalue weighted by Crippen LogP contribution is 2.24. The summed E-state index contributed by atoms with van der Waals surface area (Å²) < 4.78 is 1.30. The minimum absolute atomic E-state index is 1.13. The highest BCUT2D eigenvalue weighted by atomic mass is 32.1. The first-order chi connectivity index (χ1) is 5.40. The molecule has 0 fully saturated rings. The van der Waals surface area contributed by atoms with E-state index in [1.165, 1.54) is 10.1 Å². The number of hydrogen-bond acceptors (Lipinski definition) is 2. The van der Waals surface area contributed by atoms with Gasteiger partial charge in [-0.25, -0.2) is 0 Å². The van der Waals surface area contributed by atoms with E-state index < -0.39 is 0 Å². The van der Waals surface area contributed by atoms with E-state index in [-0.39, 0.29) is 0 Å². The highest BCUT2D eigenvalue weighted by molar-refractivity contribution is 7.19. The zero-order chi connectivity index (χ0) is 7.68. The lowest BCUT2D eigenvalue weighted by Crippen LogP contribution is -1.86. The van der Waals surface area contributed by atoms with Crippen molar-refractivity contribution in [3.63, 3.8) is 0 Å². The number of hydrogen-bond donors (Lipinski definition) is 1. The minimum atomic E-state index is 1.13. The maximum Gasteiger partial charge on any atom is 0.0594 e. The van der Waals surface area contributed by atoms with E-state index in [9.17, 15) is 0 Å². The molecule has 0 aliphatic heterocycles. The second kappa shape index (κ2) is 2.64. The minimum Gasteiger partial charge on any atom is -0.322 e. The zero-order valence-corrected chi connectivity index (χ0v) is 6.77. The molecule has 1 aromatic carbocycles. The fraction of sp³-hybridized carbons (Fsp3) is 0. The van der Waals surface area contributed by atoms with Crippen LogP contribution in [0, 0.1) is 6.54 Å². The van der Waals surface area contributed by atoms with Gasteiger partial charge >= 0.3 is 0 Å². The van der Waals surface area contributed by atoms with Crippen molar-refractivity contribution in [2.75, 3.05) is 0 Å². The van der Waals surface area contributed by atoms with Crippen molar-refractivity contribution in [3.8, 4) is 0 Å². The van der Waals surface area contributed by atoms with Gasteiger partial charge in [-0.1, -0.05) is 18.2 Å². The molecule has 2 aromatic rings. The van der Waals surface area contributed by atoms with E-state index >= 15 is 0 Å². The van der Waals surface area contributed by atoms with Crippen molar-refractivity contribution in [3.05, 3.63) is 41.8 Å². The van der Waals surface area contributed by atoms with Gasteiger partial charge in [0.2, 0.25) is 0 Å². The van der Waals surface area contributed by atoms with Crippen LogP contribution in [-0.2, 0) is 0 Å². The van der Waals surface area contributed by atoms with Crippen LogP contribution in [0.1, 0.15) is 4.88 Å². The number of nitrogens with two attached hydrogens (primary N) is 1. The van der Waals surface area contributed by atoms with Gasteiger partial charge in [0.1, 0.15) is 0 Å². The third-order valence-corrected chi connectivity index (χ3v) is 2.69. The lowest BCUT2D eigenvalue weighted by Gasteiger charge is -1.82. The van der Waals surface area contributed by atoms with Gasteiger partial charge in [-0.15, -0.1) is 11.3 Å². The van der Waals surface area contributed by atoms with Crippen molar-refractivity contribution < 1.29 is 0 Å². The monoisotopic (exact) mass is 162 g/mol. The molecule has 2 N–H and O–H groups in total. The Morgan fingerprint density at radius 2 is 2.09 bits per heavy atom. The first-order valence-corrected chi connectivity index (χ1v) is 4.25. The number of fused-ring (bicyclic) bond motifs is 1. The van der Waals surface area contributed by atoms with Crippen LogP contribution in [0.4, 0.5) is 0 Å². The summed E-state index contributed by atoms with van der Waals surface area (Å²) in [6.07, 6.45) is 0. The molecule has 1 heterocycles. The van der Waals surface area contributed by atoms with Crippen molar-refractivity contribution >= 4 is 21.4 Å². The van der Waals surface area contributed by atoms with E-state index in [0.29, 0.717) is 0 Å². The molecule has 0 saturated carbocycles. The van der Waals surface area contributed by atoms with Gasteiger partial charge in [-0.05, 0) is 17.5 Å². The Balaban J connectivity index is 2.69. The van der Waals surface area contributed by atoms with E-state index in [4.69, 9.17) is 5.73 Å². The molecule has 2 heteroatoms. The SMILES string of the molecule is N[CH]c1cc2ccccc2s1. The molecule has 1 aromatic heterocycles. The first-order valence-electron chi connectivity index (χ1n) is 3.43. The molecule has 0 amide bonds. The van der Waals surface area contributed by atoms with Crippen molar-refractivity contribution in [1.82, 2.24) is 0 Å². The summed E-state index contributed by atoms with van der Waals surface area (Å²) in [5.74, 6) is 0. The van der Waals surface area contributed by atoms with Crippen LogP contribution >= 0.6 is 11.3 Å². The normalized spacial score (nSPS) is 10.6. The molecule has 1 radical (unpaired) electrons. The predicted molar refractivity (Wildman–Crippen MR) is 49.4 cm³/mol. The molecule has 0 spiro atoms. The second-order valence-corrected chi connectivity index (χ2v) is 3.47. The molecular formula is C9H8NS. The second-order valence-electron chi connectivity index (χ2n) is 2.35. The standard InChI is InChI=1S/C9H8NS/c10-6-8-5-7-3-1-2-4-9(7)11-8/h1-6H,10H2. The summed E-state index contributed by atoms with van der Waals surface area (Å²) in [5.41, 5.74) is 5.40. The van der Waals surface area contributed by atoms with Gasteiger partial charge in [0.05, 0.1) is 6.54 Å². The van der Waals surface area contributed by atoms with Crippen molar-refractivity contribution in [2.24, 2.45) is 5.73 Å². The Morgan fingerprint density at radius 1 is 1.27 bits per heavy atom. The molecule has 0 aliphatic carbocycles. The Labute approximate surface area is 69.5 Å². The molecule has 0 atom stereocenters. The Hall–Kier alpha value is -0.860. The van der Waals surface area contributed by atoms with Crippen LogP contribution in [0.25, 0.3) is 10.1 Å². The van der Waals surface area contributed by atoms with Crippen LogP contribution < -0.4 is 5.73 Å². The fourth-order valence-corrected chi connectivity index (χ4v) is 1.98. The average Bonchev–Trinajstić information content (AvgIpc) is 2.46. The topological polar surface area (TPSA) is 26.0 Å². The molecule has 11 heavy (non-hydrogen) atoms. The van der Waals surface area contributed by atoms with E-state index in [0.717, 1.165) is 4.88 Å². The summed E-state index contributed by atoms with van der Waals surface area (Å²) in [5, 5.41) is 1.27. The number of benzene rings is 1. The Bertz CT molecular complexity index is 331. The van der Waals surface area contributed by atoms with Gasteiger partial charge < -0.3 is 5.73 Å². The van der Waals surface area contributed by atoms with Crippen LogP contribution in [0.15, 0.2) is 30.3 Å². The van der Waals surface area contributed by atoms with Gasteiger partial charge in [-0.2, -0.15) is 0 Å². The summed E-state index contributed by atoms with van der Waals surface area (Å²) in [6, 6.07) is 10.4. The molecule has 0 saturated heterocycles. The van der Waals surface area contributed by atoms with E-state index in [2.05, 4.69) is 18.2 Å². The average molecular weight is 162 g/mol. The highest BCUT2D eigenvalue weighted by Gasteiger charge is 1.97. The van der Waals surface area contributed by atoms with E-state index in [1.807, 2.05) is 12.1 Å². The van der Waals surface area contributed by atoms with Crippen LogP contribution in [0.3, 0.4) is 0 Å². The van der Waals surface area contributed by atoms with Gasteiger partial charge in [0.25, 0.3) is 0 Å². The number of rotatable bonds is 1. The molecule has 1 nitrogen and oxygen atoms in total. The molecule has 0 aliphatic rings. The van der Waals surface area contributed by atoms with Gasteiger partial charge in [0, 0.05) is 9.58 Å².